The molecule has 1 saturated heterocycles. The first-order chi connectivity index (χ1) is 9.13. The van der Waals surface area contributed by atoms with E-state index in [1.54, 1.807) is 12.1 Å². The lowest BCUT2D eigenvalue weighted by molar-refractivity contribution is -0.124. The van der Waals surface area contributed by atoms with Crippen molar-refractivity contribution in [3.63, 3.8) is 0 Å². The molecule has 0 atom stereocenters. The standard InChI is InChI=1S/C13H18N2O4/c1-18-10-5-9(6-11(19-2)13(10)17)7-15-4-3-14-12(16)8-15/h5-6,17H,3-4,7-8H2,1-2H3,(H,14,16). The smallest absolute Gasteiger partial charge is 0.234 e. The van der Waals surface area contributed by atoms with Gasteiger partial charge in [0, 0.05) is 19.6 Å². The zero-order chi connectivity index (χ0) is 13.8. The molecular formula is C13H18N2O4. The molecule has 0 unspecified atom stereocenters. The lowest BCUT2D eigenvalue weighted by atomic mass is 10.1. The first kappa shape index (κ1) is 13.5. The number of hydrogen-bond acceptors (Lipinski definition) is 5. The van der Waals surface area contributed by atoms with Gasteiger partial charge in [-0.15, -0.1) is 0 Å². The summed E-state index contributed by atoms with van der Waals surface area (Å²) in [5.41, 5.74) is 0.932. The van der Waals surface area contributed by atoms with Gasteiger partial charge >= 0.3 is 0 Å². The lowest BCUT2D eigenvalue weighted by Gasteiger charge is -2.26. The SMILES string of the molecule is COc1cc(CN2CCNC(=O)C2)cc(OC)c1O. The molecule has 1 amide bonds. The van der Waals surface area contributed by atoms with Gasteiger partial charge in [0.1, 0.15) is 0 Å². The topological polar surface area (TPSA) is 71.0 Å². The molecule has 1 aliphatic rings. The Morgan fingerprint density at radius 3 is 2.47 bits per heavy atom. The first-order valence-electron chi connectivity index (χ1n) is 6.07. The molecule has 19 heavy (non-hydrogen) atoms. The molecule has 0 saturated carbocycles. The van der Waals surface area contributed by atoms with E-state index in [2.05, 4.69) is 5.32 Å². The van der Waals surface area contributed by atoms with Crippen molar-refractivity contribution >= 4 is 5.91 Å². The van der Waals surface area contributed by atoms with E-state index in [1.807, 2.05) is 4.90 Å². The molecule has 0 aromatic heterocycles. The highest BCUT2D eigenvalue weighted by molar-refractivity contribution is 5.78. The summed E-state index contributed by atoms with van der Waals surface area (Å²) in [6.07, 6.45) is 0. The fraction of sp³-hybridized carbons (Fsp3) is 0.462. The highest BCUT2D eigenvalue weighted by Gasteiger charge is 2.18. The van der Waals surface area contributed by atoms with Crippen LogP contribution >= 0.6 is 0 Å². The molecule has 1 heterocycles. The third-order valence-electron chi connectivity index (χ3n) is 3.06. The zero-order valence-corrected chi connectivity index (χ0v) is 11.1. The fourth-order valence-corrected chi connectivity index (χ4v) is 2.12. The molecule has 1 fully saturated rings. The number of phenols is 1. The van der Waals surface area contributed by atoms with Crippen molar-refractivity contribution < 1.29 is 19.4 Å². The van der Waals surface area contributed by atoms with Crippen molar-refractivity contribution in [2.24, 2.45) is 0 Å². The molecule has 1 aliphatic heterocycles. The fourth-order valence-electron chi connectivity index (χ4n) is 2.12. The average molecular weight is 266 g/mol. The van der Waals surface area contributed by atoms with Gasteiger partial charge in [0.2, 0.25) is 11.7 Å². The summed E-state index contributed by atoms with van der Waals surface area (Å²) in [7, 11) is 2.99. The average Bonchev–Trinajstić information content (AvgIpc) is 2.40. The summed E-state index contributed by atoms with van der Waals surface area (Å²) in [6, 6.07) is 3.51. The quantitative estimate of drug-likeness (QED) is 0.822. The molecule has 0 radical (unpaired) electrons. The molecule has 2 N–H and O–H groups in total. The van der Waals surface area contributed by atoms with Crippen LogP contribution < -0.4 is 14.8 Å². The van der Waals surface area contributed by atoms with E-state index in [0.717, 1.165) is 12.1 Å². The molecule has 6 heteroatoms. The minimum atomic E-state index is -0.00913. The van der Waals surface area contributed by atoms with Gasteiger partial charge in [-0.25, -0.2) is 0 Å². The van der Waals surface area contributed by atoms with Crippen molar-refractivity contribution in [1.82, 2.24) is 10.2 Å². The Balaban J connectivity index is 2.17. The predicted octanol–water partition coefficient (Wildman–Crippen LogP) is 0.341. The van der Waals surface area contributed by atoms with Gasteiger partial charge in [-0.1, -0.05) is 0 Å². The molecule has 0 aliphatic carbocycles. The number of phenolic OH excluding ortho intramolecular Hbond substituents is 1. The number of methoxy groups -OCH3 is 2. The molecule has 0 bridgehead atoms. The number of carbonyl (C=O) groups is 1. The third kappa shape index (κ3) is 3.08. The Morgan fingerprint density at radius 1 is 1.32 bits per heavy atom. The second-order valence-corrected chi connectivity index (χ2v) is 4.41. The molecule has 1 aromatic rings. The zero-order valence-electron chi connectivity index (χ0n) is 11.1. The normalized spacial score (nSPS) is 16.0. The van der Waals surface area contributed by atoms with Crippen LogP contribution in [0.25, 0.3) is 0 Å². The van der Waals surface area contributed by atoms with Crippen molar-refractivity contribution in [2.45, 2.75) is 6.54 Å². The molecule has 0 spiro atoms. The number of hydrogen-bond donors (Lipinski definition) is 2. The van der Waals surface area contributed by atoms with E-state index in [4.69, 9.17) is 9.47 Å². The van der Waals surface area contributed by atoms with E-state index in [0.29, 0.717) is 31.1 Å². The number of nitrogens with one attached hydrogen (secondary N) is 1. The van der Waals surface area contributed by atoms with Gasteiger partial charge in [-0.2, -0.15) is 0 Å². The number of piperazine rings is 1. The van der Waals surface area contributed by atoms with Gasteiger partial charge in [0.15, 0.2) is 11.5 Å². The van der Waals surface area contributed by atoms with Crippen molar-refractivity contribution in [3.05, 3.63) is 17.7 Å². The maximum atomic E-state index is 11.3. The minimum absolute atomic E-state index is 0.00913. The number of carbonyl (C=O) groups excluding carboxylic acids is 1. The van der Waals surface area contributed by atoms with E-state index in [9.17, 15) is 9.90 Å². The predicted molar refractivity (Wildman–Crippen MR) is 69.5 cm³/mol. The van der Waals surface area contributed by atoms with Crippen molar-refractivity contribution in [3.8, 4) is 17.2 Å². The maximum Gasteiger partial charge on any atom is 0.234 e. The second-order valence-electron chi connectivity index (χ2n) is 4.41. The van der Waals surface area contributed by atoms with Gasteiger partial charge in [-0.3, -0.25) is 9.69 Å². The molecule has 2 rings (SSSR count). The number of amides is 1. The van der Waals surface area contributed by atoms with Crippen LogP contribution in [0.15, 0.2) is 12.1 Å². The summed E-state index contributed by atoms with van der Waals surface area (Å²) in [5, 5.41) is 12.6. The number of rotatable bonds is 4. The van der Waals surface area contributed by atoms with Crippen LogP contribution in [0.4, 0.5) is 0 Å². The summed E-state index contributed by atoms with van der Waals surface area (Å²) in [5.74, 6) is 0.765. The van der Waals surface area contributed by atoms with Crippen LogP contribution in [0, 0.1) is 0 Å². The van der Waals surface area contributed by atoms with Gasteiger partial charge in [0.05, 0.1) is 20.8 Å². The second kappa shape index (κ2) is 5.79. The molecule has 6 nitrogen and oxygen atoms in total. The van der Waals surface area contributed by atoms with Gasteiger partial charge in [0.25, 0.3) is 0 Å². The van der Waals surface area contributed by atoms with E-state index < -0.39 is 0 Å². The van der Waals surface area contributed by atoms with E-state index in [1.165, 1.54) is 14.2 Å². The lowest BCUT2D eigenvalue weighted by Crippen LogP contribution is -2.47. The first-order valence-corrected chi connectivity index (χ1v) is 6.07. The van der Waals surface area contributed by atoms with Crippen molar-refractivity contribution in [1.29, 1.82) is 0 Å². The number of aromatic hydroxyl groups is 1. The maximum absolute atomic E-state index is 11.3. The monoisotopic (exact) mass is 266 g/mol. The third-order valence-corrected chi connectivity index (χ3v) is 3.06. The number of benzene rings is 1. The number of ether oxygens (including phenoxy) is 2. The molecule has 104 valence electrons. The van der Waals surface area contributed by atoms with E-state index in [-0.39, 0.29) is 11.7 Å². The van der Waals surface area contributed by atoms with Crippen LogP contribution in [0.2, 0.25) is 0 Å². The summed E-state index contributed by atoms with van der Waals surface area (Å²) in [4.78, 5) is 13.4. The summed E-state index contributed by atoms with van der Waals surface area (Å²) >= 11 is 0. The minimum Gasteiger partial charge on any atom is -0.502 e. The molecular weight excluding hydrogens is 248 g/mol. The highest BCUT2D eigenvalue weighted by atomic mass is 16.5. The van der Waals surface area contributed by atoms with Crippen molar-refractivity contribution in [2.75, 3.05) is 33.9 Å². The van der Waals surface area contributed by atoms with Crippen LogP contribution in [0.5, 0.6) is 17.2 Å². The largest absolute Gasteiger partial charge is 0.502 e. The van der Waals surface area contributed by atoms with Crippen LogP contribution in [-0.4, -0.2) is 49.8 Å². The van der Waals surface area contributed by atoms with Gasteiger partial charge in [-0.05, 0) is 17.7 Å². The molecule has 1 aromatic carbocycles. The Kier molecular flexibility index (Phi) is 4.11. The Bertz CT molecular complexity index is 451. The van der Waals surface area contributed by atoms with Gasteiger partial charge < -0.3 is 19.9 Å². The summed E-state index contributed by atoms with van der Waals surface area (Å²) < 4.78 is 10.2. The van der Waals surface area contributed by atoms with E-state index >= 15 is 0 Å². The summed E-state index contributed by atoms with van der Waals surface area (Å²) in [6.45, 7) is 2.45. The Morgan fingerprint density at radius 2 is 1.95 bits per heavy atom. The number of nitrogens with zero attached hydrogens (tertiary/aromatic N) is 1. The van der Waals surface area contributed by atoms with Crippen LogP contribution in [0.1, 0.15) is 5.56 Å². The van der Waals surface area contributed by atoms with Crippen LogP contribution in [0.3, 0.4) is 0 Å². The van der Waals surface area contributed by atoms with Crippen LogP contribution in [-0.2, 0) is 11.3 Å². The highest BCUT2D eigenvalue weighted by Crippen LogP contribution is 2.37. The Labute approximate surface area is 111 Å². The Hall–Kier alpha value is -1.95.